The van der Waals surface area contributed by atoms with Gasteiger partial charge in [-0.05, 0) is 38.7 Å². The fraction of sp³-hybridized carbons (Fsp3) is 0.636. The summed E-state index contributed by atoms with van der Waals surface area (Å²) < 4.78 is 11.8. The van der Waals surface area contributed by atoms with Gasteiger partial charge in [0.25, 0.3) is 0 Å². The Morgan fingerprint density at radius 3 is 2.50 bits per heavy atom. The van der Waals surface area contributed by atoms with Crippen LogP contribution in [0.3, 0.4) is 0 Å². The van der Waals surface area contributed by atoms with Crippen LogP contribution in [0.5, 0.6) is 11.5 Å². The molecule has 1 aliphatic carbocycles. The van der Waals surface area contributed by atoms with E-state index in [-0.39, 0.29) is 41.9 Å². The molecule has 0 aliphatic heterocycles. The Balaban J connectivity index is 0.00000450. The number of nitrogens with zero attached hydrogens (tertiary/aromatic N) is 1. The lowest BCUT2D eigenvalue weighted by atomic mass is 10.1. The van der Waals surface area contributed by atoms with Crippen LogP contribution in [0.25, 0.3) is 0 Å². The molecular weight excluding hydrogens is 495 g/mol. The third-order valence-electron chi connectivity index (χ3n) is 4.86. The first-order chi connectivity index (χ1) is 14.0. The lowest BCUT2D eigenvalue weighted by Crippen LogP contribution is -2.42. The molecule has 8 heteroatoms. The molecule has 1 amide bonds. The van der Waals surface area contributed by atoms with Gasteiger partial charge < -0.3 is 25.4 Å². The highest BCUT2D eigenvalue weighted by Crippen LogP contribution is 2.35. The molecule has 3 N–H and O–H groups in total. The Bertz CT molecular complexity index is 676. The van der Waals surface area contributed by atoms with Crippen molar-refractivity contribution >= 4 is 35.8 Å². The summed E-state index contributed by atoms with van der Waals surface area (Å²) in [5.74, 6) is 2.30. The van der Waals surface area contributed by atoms with E-state index in [1.54, 1.807) is 7.11 Å². The van der Waals surface area contributed by atoms with Gasteiger partial charge in [-0.1, -0.05) is 26.0 Å². The van der Waals surface area contributed by atoms with E-state index in [0.29, 0.717) is 25.6 Å². The second-order valence-electron chi connectivity index (χ2n) is 7.54. The van der Waals surface area contributed by atoms with Crippen molar-refractivity contribution in [2.75, 3.05) is 26.7 Å². The van der Waals surface area contributed by atoms with Crippen molar-refractivity contribution in [2.45, 2.75) is 59.1 Å². The average molecular weight is 532 g/mol. The second kappa shape index (κ2) is 14.3. The van der Waals surface area contributed by atoms with Gasteiger partial charge in [-0.15, -0.1) is 24.0 Å². The van der Waals surface area contributed by atoms with E-state index < -0.39 is 0 Å². The minimum atomic E-state index is -0.0109. The van der Waals surface area contributed by atoms with Gasteiger partial charge in [-0.2, -0.15) is 0 Å². The molecule has 0 aromatic heterocycles. The van der Waals surface area contributed by atoms with Crippen LogP contribution in [0, 0.1) is 5.92 Å². The molecule has 7 nitrogen and oxygen atoms in total. The van der Waals surface area contributed by atoms with Crippen LogP contribution in [0.4, 0.5) is 0 Å². The molecule has 0 spiro atoms. The number of hydrogen-bond acceptors (Lipinski definition) is 4. The first-order valence-corrected chi connectivity index (χ1v) is 10.7. The number of carbonyl (C=O) groups is 1. The predicted octanol–water partition coefficient (Wildman–Crippen LogP) is 3.46. The molecule has 0 heterocycles. The van der Waals surface area contributed by atoms with Gasteiger partial charge in [0.15, 0.2) is 17.5 Å². The highest BCUT2D eigenvalue weighted by molar-refractivity contribution is 14.0. The molecule has 1 aliphatic rings. The zero-order chi connectivity index (χ0) is 21.1. The van der Waals surface area contributed by atoms with Gasteiger partial charge in [0, 0.05) is 31.1 Å². The van der Waals surface area contributed by atoms with E-state index in [4.69, 9.17) is 14.5 Å². The molecule has 1 aromatic rings. The van der Waals surface area contributed by atoms with Crippen LogP contribution in [0.1, 0.15) is 52.0 Å². The maximum absolute atomic E-state index is 11.7. The summed E-state index contributed by atoms with van der Waals surface area (Å²) in [4.78, 5) is 16.3. The number of para-hydroxylation sites is 1. The molecule has 170 valence electrons. The van der Waals surface area contributed by atoms with Crippen molar-refractivity contribution in [3.05, 3.63) is 23.8 Å². The zero-order valence-electron chi connectivity index (χ0n) is 18.6. The number of benzene rings is 1. The minimum absolute atomic E-state index is 0. The predicted molar refractivity (Wildman–Crippen MR) is 132 cm³/mol. The summed E-state index contributed by atoms with van der Waals surface area (Å²) in [6, 6.07) is 5.92. The Kier molecular flexibility index (Phi) is 12.6. The number of methoxy groups -OCH3 is 1. The number of rotatable bonds is 10. The average Bonchev–Trinajstić information content (AvgIpc) is 3.22. The van der Waals surface area contributed by atoms with Gasteiger partial charge >= 0.3 is 0 Å². The summed E-state index contributed by atoms with van der Waals surface area (Å²) in [5, 5.41) is 9.39. The van der Waals surface area contributed by atoms with Crippen LogP contribution < -0.4 is 25.4 Å². The Labute approximate surface area is 197 Å². The first-order valence-electron chi connectivity index (χ1n) is 10.7. The van der Waals surface area contributed by atoms with E-state index in [0.717, 1.165) is 36.4 Å². The lowest BCUT2D eigenvalue weighted by Gasteiger charge is -2.19. The molecule has 0 bridgehead atoms. The Morgan fingerprint density at radius 2 is 1.87 bits per heavy atom. The van der Waals surface area contributed by atoms with Crippen molar-refractivity contribution in [1.29, 1.82) is 0 Å². The summed E-state index contributed by atoms with van der Waals surface area (Å²) >= 11 is 0. The summed E-state index contributed by atoms with van der Waals surface area (Å²) in [5.41, 5.74) is 1.00. The topological polar surface area (TPSA) is 84.0 Å². The lowest BCUT2D eigenvalue weighted by molar-refractivity contribution is -0.123. The quantitative estimate of drug-likeness (QED) is 0.186. The molecule has 0 unspecified atom stereocenters. The number of hydrogen-bond donors (Lipinski definition) is 3. The molecule has 0 radical (unpaired) electrons. The smallest absolute Gasteiger partial charge is 0.222 e. The number of aliphatic imine (C=N–C) groups is 1. The van der Waals surface area contributed by atoms with Gasteiger partial charge in [-0.3, -0.25) is 4.79 Å². The summed E-state index contributed by atoms with van der Waals surface area (Å²) in [6.07, 6.45) is 4.87. The van der Waals surface area contributed by atoms with Crippen LogP contribution >= 0.6 is 24.0 Å². The third kappa shape index (κ3) is 8.57. The fourth-order valence-electron chi connectivity index (χ4n) is 3.23. The van der Waals surface area contributed by atoms with Crippen molar-refractivity contribution < 1.29 is 14.3 Å². The normalized spacial score (nSPS) is 14.2. The number of nitrogens with one attached hydrogen (secondary N) is 3. The molecule has 0 saturated heterocycles. The maximum Gasteiger partial charge on any atom is 0.222 e. The second-order valence-corrected chi connectivity index (χ2v) is 7.54. The Hall–Kier alpha value is -1.71. The monoisotopic (exact) mass is 532 g/mol. The number of ether oxygens (including phenoxy) is 2. The molecule has 0 atom stereocenters. The third-order valence-corrected chi connectivity index (χ3v) is 4.86. The number of halogens is 1. The van der Waals surface area contributed by atoms with Crippen LogP contribution in [0.2, 0.25) is 0 Å². The highest BCUT2D eigenvalue weighted by Gasteiger charge is 2.20. The molecule has 1 aromatic carbocycles. The van der Waals surface area contributed by atoms with Crippen molar-refractivity contribution in [2.24, 2.45) is 10.9 Å². The number of guanidine groups is 1. The SMILES string of the molecule is CCNC(=NCc1cccc(OC)c1OC1CCCC1)NCCNC(=O)C(C)C.I. The zero-order valence-corrected chi connectivity index (χ0v) is 21.0. The van der Waals surface area contributed by atoms with Crippen LogP contribution in [-0.2, 0) is 11.3 Å². The van der Waals surface area contributed by atoms with E-state index in [1.165, 1.54) is 12.8 Å². The standard InChI is InChI=1S/C22H36N4O3.HI/c1-5-23-22(25-14-13-24-21(27)16(2)3)26-15-17-9-8-12-19(28-4)20(17)29-18-10-6-7-11-18;/h8-9,12,16,18H,5-7,10-11,13-15H2,1-4H3,(H,24,27)(H2,23,25,26);1H. The molecule has 1 saturated carbocycles. The largest absolute Gasteiger partial charge is 0.493 e. The van der Waals surface area contributed by atoms with E-state index in [9.17, 15) is 4.79 Å². The fourth-order valence-corrected chi connectivity index (χ4v) is 3.23. The van der Waals surface area contributed by atoms with Gasteiger partial charge in [0.1, 0.15) is 0 Å². The van der Waals surface area contributed by atoms with Crippen LogP contribution in [0.15, 0.2) is 23.2 Å². The van der Waals surface area contributed by atoms with E-state index in [2.05, 4.69) is 16.0 Å². The van der Waals surface area contributed by atoms with Crippen molar-refractivity contribution in [1.82, 2.24) is 16.0 Å². The van der Waals surface area contributed by atoms with Crippen LogP contribution in [-0.4, -0.2) is 44.7 Å². The van der Waals surface area contributed by atoms with E-state index >= 15 is 0 Å². The van der Waals surface area contributed by atoms with Crippen molar-refractivity contribution in [3.63, 3.8) is 0 Å². The number of carbonyl (C=O) groups excluding carboxylic acids is 1. The maximum atomic E-state index is 11.7. The van der Waals surface area contributed by atoms with Crippen molar-refractivity contribution in [3.8, 4) is 11.5 Å². The summed E-state index contributed by atoms with van der Waals surface area (Å²) in [7, 11) is 1.67. The molecular formula is C22H37IN4O3. The molecule has 1 fully saturated rings. The first kappa shape index (κ1) is 26.3. The minimum Gasteiger partial charge on any atom is -0.493 e. The summed E-state index contributed by atoms with van der Waals surface area (Å²) in [6.45, 7) is 8.18. The van der Waals surface area contributed by atoms with Gasteiger partial charge in [0.2, 0.25) is 5.91 Å². The van der Waals surface area contributed by atoms with E-state index in [1.807, 2.05) is 39.0 Å². The molecule has 2 rings (SSSR count). The number of amides is 1. The molecule has 30 heavy (non-hydrogen) atoms. The highest BCUT2D eigenvalue weighted by atomic mass is 127. The Morgan fingerprint density at radius 1 is 1.17 bits per heavy atom. The van der Waals surface area contributed by atoms with Gasteiger partial charge in [-0.25, -0.2) is 4.99 Å². The van der Waals surface area contributed by atoms with Gasteiger partial charge in [0.05, 0.1) is 19.8 Å².